The highest BCUT2D eigenvalue weighted by atomic mass is 16.5. The molecule has 2 rings (SSSR count). The van der Waals surface area contributed by atoms with Crippen LogP contribution in [0.2, 0.25) is 0 Å². The first kappa shape index (κ1) is 19.7. The lowest BCUT2D eigenvalue weighted by atomic mass is 9.78. The van der Waals surface area contributed by atoms with Crippen LogP contribution in [0.25, 0.3) is 0 Å². The third kappa shape index (κ3) is 6.01. The molecule has 0 atom stereocenters. The molecule has 25 heavy (non-hydrogen) atoms. The summed E-state index contributed by atoms with van der Waals surface area (Å²) in [4.78, 5) is 8.76. The van der Waals surface area contributed by atoms with Crippen molar-refractivity contribution in [2.75, 3.05) is 20.1 Å². The number of aliphatic imine (C=N–C) groups is 1. The Bertz CT molecular complexity index is 544. The van der Waals surface area contributed by atoms with Gasteiger partial charge in [-0.1, -0.05) is 45.7 Å². The fourth-order valence-electron chi connectivity index (χ4n) is 3.83. The van der Waals surface area contributed by atoms with Crippen LogP contribution < -0.4 is 10.6 Å². The second-order valence-corrected chi connectivity index (χ2v) is 8.11. The van der Waals surface area contributed by atoms with Crippen LogP contribution in [0.4, 0.5) is 0 Å². The molecular weight excluding hydrogens is 314 g/mol. The van der Waals surface area contributed by atoms with Crippen molar-refractivity contribution in [3.05, 3.63) is 11.7 Å². The third-order valence-electron chi connectivity index (χ3n) is 4.99. The van der Waals surface area contributed by atoms with E-state index in [1.54, 1.807) is 0 Å². The minimum absolute atomic E-state index is 0.295. The number of aromatic nitrogens is 2. The molecule has 0 amide bonds. The molecule has 142 valence electrons. The summed E-state index contributed by atoms with van der Waals surface area (Å²) in [6.07, 6.45) is 7.37. The Kier molecular flexibility index (Phi) is 7.26. The number of nitrogens with one attached hydrogen (secondary N) is 2. The van der Waals surface area contributed by atoms with Gasteiger partial charge in [0.25, 0.3) is 0 Å². The van der Waals surface area contributed by atoms with Crippen molar-refractivity contribution in [3.63, 3.8) is 0 Å². The maximum absolute atomic E-state index is 5.28. The van der Waals surface area contributed by atoms with Gasteiger partial charge in [-0.3, -0.25) is 4.99 Å². The molecule has 1 aliphatic rings. The molecule has 0 saturated heterocycles. The number of hydrogen-bond acceptors (Lipinski definition) is 4. The van der Waals surface area contributed by atoms with Crippen LogP contribution >= 0.6 is 0 Å². The van der Waals surface area contributed by atoms with Crippen LogP contribution in [0, 0.1) is 11.3 Å². The van der Waals surface area contributed by atoms with E-state index >= 15 is 0 Å². The van der Waals surface area contributed by atoms with Gasteiger partial charge in [0.15, 0.2) is 11.8 Å². The molecule has 6 heteroatoms. The largest absolute Gasteiger partial charge is 0.356 e. The second kappa shape index (κ2) is 9.20. The van der Waals surface area contributed by atoms with Gasteiger partial charge in [-0.25, -0.2) is 0 Å². The van der Waals surface area contributed by atoms with Gasteiger partial charge < -0.3 is 15.2 Å². The molecule has 0 spiro atoms. The summed E-state index contributed by atoms with van der Waals surface area (Å²) in [5.74, 6) is 3.35. The SMILES string of the molecule is CN=C(NCCc1nc(C(C)C)no1)NCC1(CC(C)C)CCCC1. The van der Waals surface area contributed by atoms with Crippen molar-refractivity contribution in [2.24, 2.45) is 16.3 Å². The highest BCUT2D eigenvalue weighted by molar-refractivity contribution is 5.79. The Morgan fingerprint density at radius 1 is 1.20 bits per heavy atom. The molecule has 1 aliphatic carbocycles. The first-order valence-corrected chi connectivity index (χ1v) is 9.71. The van der Waals surface area contributed by atoms with Gasteiger partial charge in [0, 0.05) is 32.5 Å². The lowest BCUT2D eigenvalue weighted by molar-refractivity contribution is 0.235. The lowest BCUT2D eigenvalue weighted by Crippen LogP contribution is -2.44. The van der Waals surface area contributed by atoms with E-state index in [1.807, 2.05) is 7.05 Å². The molecule has 1 heterocycles. The molecule has 1 aromatic rings. The standard InChI is InChI=1S/C19H35N5O/c1-14(2)12-19(9-6-7-10-19)13-22-18(20-5)21-11-8-16-23-17(15(3)4)24-25-16/h14-15H,6-13H2,1-5H3,(H2,20,21,22). The van der Waals surface area contributed by atoms with Crippen LogP contribution in [0.3, 0.4) is 0 Å². The molecule has 1 saturated carbocycles. The average Bonchev–Trinajstić information content (AvgIpc) is 3.20. The van der Waals surface area contributed by atoms with Crippen molar-refractivity contribution < 1.29 is 4.52 Å². The Labute approximate surface area is 152 Å². The molecule has 0 radical (unpaired) electrons. The maximum atomic E-state index is 5.28. The molecule has 2 N–H and O–H groups in total. The van der Waals surface area contributed by atoms with Crippen LogP contribution in [0.15, 0.2) is 9.52 Å². The molecule has 0 unspecified atom stereocenters. The van der Waals surface area contributed by atoms with Crippen LogP contribution in [-0.2, 0) is 6.42 Å². The van der Waals surface area contributed by atoms with Gasteiger partial charge in [-0.2, -0.15) is 4.98 Å². The summed E-state index contributed by atoms with van der Waals surface area (Å²) >= 11 is 0. The van der Waals surface area contributed by atoms with Gasteiger partial charge in [0.2, 0.25) is 5.89 Å². The summed E-state index contributed by atoms with van der Waals surface area (Å²) in [5, 5.41) is 10.9. The molecule has 0 bridgehead atoms. The van der Waals surface area contributed by atoms with Gasteiger partial charge >= 0.3 is 0 Å². The third-order valence-corrected chi connectivity index (χ3v) is 4.99. The normalized spacial score (nSPS) is 17.5. The Morgan fingerprint density at radius 3 is 2.48 bits per heavy atom. The predicted molar refractivity (Wildman–Crippen MR) is 102 cm³/mol. The molecule has 1 aromatic heterocycles. The number of nitrogens with zero attached hydrogens (tertiary/aromatic N) is 3. The molecule has 6 nitrogen and oxygen atoms in total. The summed E-state index contributed by atoms with van der Waals surface area (Å²) < 4.78 is 5.28. The topological polar surface area (TPSA) is 75.3 Å². The zero-order valence-electron chi connectivity index (χ0n) is 16.6. The van der Waals surface area contributed by atoms with E-state index in [-0.39, 0.29) is 0 Å². The van der Waals surface area contributed by atoms with E-state index in [0.29, 0.717) is 23.6 Å². The highest BCUT2D eigenvalue weighted by Crippen LogP contribution is 2.42. The van der Waals surface area contributed by atoms with E-state index in [2.05, 4.69) is 53.5 Å². The second-order valence-electron chi connectivity index (χ2n) is 8.11. The fraction of sp³-hybridized carbons (Fsp3) is 0.842. The van der Waals surface area contributed by atoms with Gasteiger partial charge in [-0.15, -0.1) is 0 Å². The summed E-state index contributed by atoms with van der Waals surface area (Å²) in [5.41, 5.74) is 0.435. The average molecular weight is 350 g/mol. The van der Waals surface area contributed by atoms with E-state index in [9.17, 15) is 0 Å². The Hall–Kier alpha value is -1.59. The van der Waals surface area contributed by atoms with E-state index in [0.717, 1.165) is 30.8 Å². The minimum Gasteiger partial charge on any atom is -0.356 e. The Morgan fingerprint density at radius 2 is 1.92 bits per heavy atom. The minimum atomic E-state index is 0.295. The van der Waals surface area contributed by atoms with E-state index in [1.165, 1.54) is 32.1 Å². The summed E-state index contributed by atoms with van der Waals surface area (Å²) in [7, 11) is 1.82. The number of rotatable bonds is 8. The maximum Gasteiger partial charge on any atom is 0.228 e. The van der Waals surface area contributed by atoms with E-state index < -0.39 is 0 Å². The highest BCUT2D eigenvalue weighted by Gasteiger charge is 2.34. The first-order valence-electron chi connectivity index (χ1n) is 9.71. The molecule has 0 aliphatic heterocycles. The smallest absolute Gasteiger partial charge is 0.228 e. The predicted octanol–water partition coefficient (Wildman–Crippen LogP) is 3.51. The molecular formula is C19H35N5O. The molecule has 0 aromatic carbocycles. The quantitative estimate of drug-likeness (QED) is 0.555. The zero-order valence-corrected chi connectivity index (χ0v) is 16.6. The summed E-state index contributed by atoms with van der Waals surface area (Å²) in [6.45, 7) is 10.5. The van der Waals surface area contributed by atoms with Gasteiger partial charge in [0.05, 0.1) is 0 Å². The van der Waals surface area contributed by atoms with E-state index in [4.69, 9.17) is 4.52 Å². The Balaban J connectivity index is 1.78. The van der Waals surface area contributed by atoms with Crippen molar-refractivity contribution in [1.82, 2.24) is 20.8 Å². The first-order chi connectivity index (χ1) is 11.9. The number of guanidine groups is 1. The van der Waals surface area contributed by atoms with Crippen molar-refractivity contribution in [3.8, 4) is 0 Å². The zero-order chi connectivity index (χ0) is 18.3. The lowest BCUT2D eigenvalue weighted by Gasteiger charge is -2.31. The van der Waals surface area contributed by atoms with Crippen LogP contribution in [0.5, 0.6) is 0 Å². The fourth-order valence-corrected chi connectivity index (χ4v) is 3.83. The van der Waals surface area contributed by atoms with Crippen molar-refractivity contribution in [1.29, 1.82) is 0 Å². The van der Waals surface area contributed by atoms with Gasteiger partial charge in [0.1, 0.15) is 0 Å². The van der Waals surface area contributed by atoms with Crippen LogP contribution in [-0.4, -0.2) is 36.2 Å². The number of hydrogen-bond donors (Lipinski definition) is 2. The monoisotopic (exact) mass is 349 g/mol. The molecule has 1 fully saturated rings. The van der Waals surface area contributed by atoms with Crippen molar-refractivity contribution in [2.45, 2.75) is 72.1 Å². The summed E-state index contributed by atoms with van der Waals surface area (Å²) in [6, 6.07) is 0. The van der Waals surface area contributed by atoms with Gasteiger partial charge in [-0.05, 0) is 30.6 Å². The van der Waals surface area contributed by atoms with Crippen molar-refractivity contribution >= 4 is 5.96 Å². The van der Waals surface area contributed by atoms with Crippen LogP contribution in [0.1, 0.15) is 77.4 Å².